The average molecular weight is 374 g/mol. The molecule has 0 aliphatic heterocycles. The zero-order chi connectivity index (χ0) is 18.1. The Balaban J connectivity index is 1.66. The fourth-order valence-electron chi connectivity index (χ4n) is 2.25. The minimum absolute atomic E-state index is 0.0635. The summed E-state index contributed by atoms with van der Waals surface area (Å²) in [5.74, 6) is 1.08. The molecule has 1 amide bonds. The van der Waals surface area contributed by atoms with Crippen molar-refractivity contribution < 1.29 is 4.79 Å². The van der Waals surface area contributed by atoms with Crippen LogP contribution in [-0.2, 0) is 10.5 Å². The van der Waals surface area contributed by atoms with Gasteiger partial charge in [-0.25, -0.2) is 0 Å². The van der Waals surface area contributed by atoms with Gasteiger partial charge in [-0.05, 0) is 42.8 Å². The molecule has 0 radical (unpaired) electrons. The lowest BCUT2D eigenvalue weighted by Gasteiger charge is -2.17. The minimum atomic E-state index is -0.102. The third kappa shape index (κ3) is 6.76. The molecule has 2 aromatic rings. The van der Waals surface area contributed by atoms with Gasteiger partial charge in [0.1, 0.15) is 0 Å². The van der Waals surface area contributed by atoms with Gasteiger partial charge in [0.2, 0.25) is 5.91 Å². The van der Waals surface area contributed by atoms with E-state index in [-0.39, 0.29) is 11.9 Å². The van der Waals surface area contributed by atoms with Crippen LogP contribution < -0.4 is 16.2 Å². The van der Waals surface area contributed by atoms with Crippen LogP contribution in [0.4, 0.5) is 0 Å². The Bertz CT molecular complexity index is 707. The largest absolute Gasteiger partial charge is 0.355 e. The lowest BCUT2D eigenvalue weighted by atomic mass is 10.1. The van der Waals surface area contributed by atoms with Crippen LogP contribution in [0.3, 0.4) is 0 Å². The van der Waals surface area contributed by atoms with Crippen LogP contribution in [0.2, 0.25) is 0 Å². The second-order valence-corrected chi connectivity index (χ2v) is 7.09. The first-order valence-electron chi connectivity index (χ1n) is 8.09. The lowest BCUT2D eigenvalue weighted by Crippen LogP contribution is -2.47. The maximum atomic E-state index is 11.9. The fraction of sp³-hybridized carbons (Fsp3) is 0.263. The van der Waals surface area contributed by atoms with Gasteiger partial charge in [0.05, 0.1) is 11.8 Å². The molecule has 0 heterocycles. The highest BCUT2D eigenvalue weighted by molar-refractivity contribution is 7.99. The molecule has 132 valence electrons. The number of aryl methyl sites for hydroxylation is 1. The highest BCUT2D eigenvalue weighted by Gasteiger charge is 2.07. The SMILES string of the molecule is Cc1ccccc1CSCC(=O)NNC(=S)NC(C)c1ccccc1. The molecule has 0 saturated carbocycles. The van der Waals surface area contributed by atoms with E-state index in [2.05, 4.69) is 35.2 Å². The van der Waals surface area contributed by atoms with E-state index in [0.717, 1.165) is 11.3 Å². The van der Waals surface area contributed by atoms with Gasteiger partial charge in [0.15, 0.2) is 5.11 Å². The second-order valence-electron chi connectivity index (χ2n) is 5.70. The molecule has 4 nitrogen and oxygen atoms in total. The molecule has 0 fully saturated rings. The monoisotopic (exact) mass is 373 g/mol. The van der Waals surface area contributed by atoms with E-state index < -0.39 is 0 Å². The first-order chi connectivity index (χ1) is 12.1. The number of benzene rings is 2. The number of thioether (sulfide) groups is 1. The number of hydrogen-bond donors (Lipinski definition) is 3. The molecule has 1 atom stereocenters. The van der Waals surface area contributed by atoms with E-state index in [1.165, 1.54) is 11.1 Å². The van der Waals surface area contributed by atoms with Crippen molar-refractivity contribution in [3.05, 3.63) is 71.3 Å². The molecule has 0 aliphatic rings. The smallest absolute Gasteiger partial charge is 0.248 e. The molecule has 1 unspecified atom stereocenters. The summed E-state index contributed by atoms with van der Waals surface area (Å²) in [7, 11) is 0. The molecule has 0 aliphatic carbocycles. The van der Waals surface area contributed by atoms with Crippen molar-refractivity contribution in [2.24, 2.45) is 0 Å². The van der Waals surface area contributed by atoms with E-state index in [1.54, 1.807) is 11.8 Å². The number of thiocarbonyl (C=S) groups is 1. The van der Waals surface area contributed by atoms with Gasteiger partial charge in [0.25, 0.3) is 0 Å². The zero-order valence-corrected chi connectivity index (χ0v) is 16.0. The highest BCUT2D eigenvalue weighted by atomic mass is 32.2. The number of carbonyl (C=O) groups excluding carboxylic acids is 1. The topological polar surface area (TPSA) is 53.2 Å². The Labute approximate surface area is 158 Å². The normalized spacial score (nSPS) is 11.4. The summed E-state index contributed by atoms with van der Waals surface area (Å²) in [5.41, 5.74) is 9.00. The first-order valence-corrected chi connectivity index (χ1v) is 9.65. The summed E-state index contributed by atoms with van der Waals surface area (Å²) in [6, 6.07) is 18.3. The van der Waals surface area contributed by atoms with Gasteiger partial charge in [-0.2, -0.15) is 0 Å². The number of nitrogens with one attached hydrogen (secondary N) is 3. The van der Waals surface area contributed by atoms with Gasteiger partial charge >= 0.3 is 0 Å². The maximum Gasteiger partial charge on any atom is 0.248 e. The third-order valence-electron chi connectivity index (χ3n) is 3.71. The predicted molar refractivity (Wildman–Crippen MR) is 109 cm³/mol. The summed E-state index contributed by atoms with van der Waals surface area (Å²) in [5, 5.41) is 3.54. The molecule has 3 N–H and O–H groups in total. The Morgan fingerprint density at radius 2 is 1.76 bits per heavy atom. The molecule has 25 heavy (non-hydrogen) atoms. The van der Waals surface area contributed by atoms with Crippen LogP contribution in [0.5, 0.6) is 0 Å². The lowest BCUT2D eigenvalue weighted by molar-refractivity contribution is -0.119. The van der Waals surface area contributed by atoms with Crippen molar-refractivity contribution in [2.45, 2.75) is 25.6 Å². The Morgan fingerprint density at radius 3 is 2.48 bits per heavy atom. The van der Waals surface area contributed by atoms with Crippen molar-refractivity contribution in [1.29, 1.82) is 0 Å². The van der Waals surface area contributed by atoms with Gasteiger partial charge < -0.3 is 5.32 Å². The highest BCUT2D eigenvalue weighted by Crippen LogP contribution is 2.15. The van der Waals surface area contributed by atoms with Crippen molar-refractivity contribution in [1.82, 2.24) is 16.2 Å². The Morgan fingerprint density at radius 1 is 1.08 bits per heavy atom. The number of rotatable bonds is 6. The molecular weight excluding hydrogens is 350 g/mol. The molecule has 0 aromatic heterocycles. The summed E-state index contributed by atoms with van der Waals surface area (Å²) < 4.78 is 0. The molecule has 0 bridgehead atoms. The summed E-state index contributed by atoms with van der Waals surface area (Å²) in [6.45, 7) is 4.10. The molecule has 0 spiro atoms. The van der Waals surface area contributed by atoms with Gasteiger partial charge in [-0.1, -0.05) is 54.6 Å². The van der Waals surface area contributed by atoms with Crippen LogP contribution in [0.1, 0.15) is 29.7 Å². The maximum absolute atomic E-state index is 11.9. The standard InChI is InChI=1S/C19H23N3OS2/c1-14-8-6-7-11-17(14)12-25-13-18(23)21-22-19(24)20-15(2)16-9-4-3-5-10-16/h3-11,15H,12-13H2,1-2H3,(H,21,23)(H2,20,22,24). The van der Waals surface area contributed by atoms with Crippen LogP contribution in [0.15, 0.2) is 54.6 Å². The average Bonchev–Trinajstić information content (AvgIpc) is 2.62. The summed E-state index contributed by atoms with van der Waals surface area (Å²) >= 11 is 6.79. The fourth-order valence-corrected chi connectivity index (χ4v) is 3.38. The minimum Gasteiger partial charge on any atom is -0.355 e. The molecular formula is C19H23N3OS2. The Kier molecular flexibility index (Phi) is 7.76. The number of carbonyl (C=O) groups is 1. The number of amides is 1. The van der Waals surface area contributed by atoms with Crippen LogP contribution in [0, 0.1) is 6.92 Å². The molecule has 2 rings (SSSR count). The van der Waals surface area contributed by atoms with Crippen molar-refractivity contribution in [3.8, 4) is 0 Å². The summed E-state index contributed by atoms with van der Waals surface area (Å²) in [4.78, 5) is 11.9. The van der Waals surface area contributed by atoms with Crippen LogP contribution >= 0.6 is 24.0 Å². The van der Waals surface area contributed by atoms with Gasteiger partial charge in [-0.15, -0.1) is 11.8 Å². The van der Waals surface area contributed by atoms with Crippen molar-refractivity contribution in [3.63, 3.8) is 0 Å². The van der Waals surface area contributed by atoms with Crippen molar-refractivity contribution >= 4 is 35.0 Å². The third-order valence-corrected chi connectivity index (χ3v) is 4.92. The van der Waals surface area contributed by atoms with E-state index in [4.69, 9.17) is 12.2 Å². The summed E-state index contributed by atoms with van der Waals surface area (Å²) in [6.07, 6.45) is 0. The zero-order valence-electron chi connectivity index (χ0n) is 14.4. The van der Waals surface area contributed by atoms with Crippen LogP contribution in [0.25, 0.3) is 0 Å². The second kappa shape index (κ2) is 10.1. The van der Waals surface area contributed by atoms with E-state index in [0.29, 0.717) is 10.9 Å². The Hall–Kier alpha value is -2.05. The van der Waals surface area contributed by atoms with Crippen molar-refractivity contribution in [2.75, 3.05) is 5.75 Å². The number of hydrogen-bond acceptors (Lipinski definition) is 3. The van der Waals surface area contributed by atoms with E-state index >= 15 is 0 Å². The van der Waals surface area contributed by atoms with Gasteiger partial charge in [-0.3, -0.25) is 15.6 Å². The number of hydrazine groups is 1. The quantitative estimate of drug-likeness (QED) is 0.535. The molecule has 2 aromatic carbocycles. The predicted octanol–water partition coefficient (Wildman–Crippen LogP) is 3.48. The van der Waals surface area contributed by atoms with Crippen LogP contribution in [-0.4, -0.2) is 16.8 Å². The molecule has 6 heteroatoms. The first kappa shape index (κ1) is 19.3. The van der Waals surface area contributed by atoms with E-state index in [1.807, 2.05) is 49.4 Å². The molecule has 0 saturated heterocycles. The van der Waals surface area contributed by atoms with E-state index in [9.17, 15) is 4.79 Å². The van der Waals surface area contributed by atoms with Gasteiger partial charge in [0, 0.05) is 5.75 Å².